The lowest BCUT2D eigenvalue weighted by molar-refractivity contribution is -0.144. The second kappa shape index (κ2) is 26.9. The highest BCUT2D eigenvalue weighted by Gasteiger charge is 2.38. The Morgan fingerprint density at radius 3 is 0.531 bits per heavy atom. The third-order valence-corrected chi connectivity index (χ3v) is 11.0. The molecule has 8 amide bonds. The molecule has 0 rings (SSSR count). The fraction of sp³-hybridized carbons (Fsp3) is 0.800. The van der Waals surface area contributed by atoms with Crippen molar-refractivity contribution in [3.63, 3.8) is 0 Å². The van der Waals surface area contributed by atoms with Crippen LogP contribution in [0.15, 0.2) is 0 Å². The van der Waals surface area contributed by atoms with Gasteiger partial charge in [-0.3, -0.25) is 38.4 Å². The maximum Gasteiger partial charge on any atom is 0.326 e. The molecule has 368 valence electrons. The fourth-order valence-electron chi connectivity index (χ4n) is 6.51. The molecule has 9 atom stereocenters. The molecule has 0 saturated heterocycles. The zero-order valence-corrected chi connectivity index (χ0v) is 41.6. The first kappa shape index (κ1) is 59.2. The van der Waals surface area contributed by atoms with E-state index in [1.54, 1.807) is 125 Å². The Morgan fingerprint density at radius 1 is 0.266 bits per heavy atom. The van der Waals surface area contributed by atoms with Crippen molar-refractivity contribution in [1.29, 1.82) is 0 Å². The molecule has 64 heavy (non-hydrogen) atoms. The number of amides is 8. The van der Waals surface area contributed by atoms with Crippen LogP contribution in [0.25, 0.3) is 0 Å². The lowest BCUT2D eigenvalue weighted by Gasteiger charge is -2.32. The minimum atomic E-state index is -1.22. The van der Waals surface area contributed by atoms with Gasteiger partial charge in [0.2, 0.25) is 47.3 Å². The topological polar surface area (TPSA) is 296 Å². The van der Waals surface area contributed by atoms with E-state index in [4.69, 9.17) is 5.73 Å². The molecule has 0 unspecified atom stereocenters. The Labute approximate surface area is 381 Å². The van der Waals surface area contributed by atoms with Crippen LogP contribution in [0.4, 0.5) is 0 Å². The van der Waals surface area contributed by atoms with Crippen LogP contribution in [-0.4, -0.2) is 113 Å². The SMILES string of the molecule is CC(C)[C@H](N)C(=O)N[C@H](C(=O)N[C@H](C(=O)N[C@H](C(=O)N[C@H](C(=O)N[C@H](C(=O)N[C@H](C(=O)N[C@H](C(=O)N[C@H](C(=O)O)C(C)C)C(C)C)C(C)C)C(C)C)C(C)C)C(C)C)C(C)C)C(C)C. The molecule has 19 heteroatoms. The average Bonchev–Trinajstić information content (AvgIpc) is 3.16. The summed E-state index contributed by atoms with van der Waals surface area (Å²) in [6.07, 6.45) is 0. The van der Waals surface area contributed by atoms with Gasteiger partial charge in [-0.25, -0.2) is 4.79 Å². The molecule has 0 aromatic carbocycles. The van der Waals surface area contributed by atoms with Crippen molar-refractivity contribution in [3.05, 3.63) is 0 Å². The number of hydrogen-bond donors (Lipinski definition) is 10. The Bertz CT molecular complexity index is 1610. The summed E-state index contributed by atoms with van der Waals surface area (Å²) in [5.41, 5.74) is 6.00. The van der Waals surface area contributed by atoms with E-state index in [1.807, 2.05) is 0 Å². The van der Waals surface area contributed by atoms with Crippen LogP contribution in [0.2, 0.25) is 0 Å². The molecule has 0 saturated carbocycles. The molecule has 0 aliphatic rings. The number of carbonyl (C=O) groups excluding carboxylic acids is 8. The highest BCUT2D eigenvalue weighted by Crippen LogP contribution is 2.14. The smallest absolute Gasteiger partial charge is 0.326 e. The fourth-order valence-corrected chi connectivity index (χ4v) is 6.51. The molecule has 0 aliphatic carbocycles. The number of hydrogen-bond acceptors (Lipinski definition) is 10. The molecule has 0 bridgehead atoms. The maximum absolute atomic E-state index is 13.9. The quantitative estimate of drug-likeness (QED) is 0.0588. The van der Waals surface area contributed by atoms with E-state index in [-0.39, 0.29) is 11.8 Å². The Morgan fingerprint density at radius 2 is 0.406 bits per heavy atom. The monoisotopic (exact) mass is 910 g/mol. The standard InChI is InChI=1S/C45H83N9O10/c1-19(2)28(46)37(55)47-29(20(3)4)38(56)48-30(21(5)6)39(57)49-31(22(7)8)40(58)50-32(23(9)10)41(59)51-33(24(11)12)42(60)52-34(25(13)14)43(61)53-35(26(15)16)44(62)54-36(27(17)18)45(63)64/h19-36H,46H2,1-18H3,(H,47,55)(H,48,56)(H,49,57)(H,50,58)(H,51,59)(H,52,60)(H,53,61)(H,54,62)(H,63,64)/t28-,29-,30-,31-,32-,33-,34-,35-,36-/m0/s1. The third-order valence-electron chi connectivity index (χ3n) is 11.0. The van der Waals surface area contributed by atoms with Crippen molar-refractivity contribution in [2.45, 2.75) is 179 Å². The van der Waals surface area contributed by atoms with Crippen molar-refractivity contribution in [2.24, 2.45) is 59.0 Å². The van der Waals surface area contributed by atoms with Gasteiger partial charge in [0.05, 0.1) is 6.04 Å². The van der Waals surface area contributed by atoms with E-state index >= 15 is 0 Å². The van der Waals surface area contributed by atoms with Crippen LogP contribution < -0.4 is 48.3 Å². The molecule has 0 aliphatic heterocycles. The molecule has 0 aromatic rings. The Balaban J connectivity index is 6.25. The van der Waals surface area contributed by atoms with Crippen molar-refractivity contribution in [1.82, 2.24) is 42.5 Å². The van der Waals surface area contributed by atoms with Crippen molar-refractivity contribution < 1.29 is 48.3 Å². The largest absolute Gasteiger partial charge is 0.480 e. The number of carboxylic acid groups (broad SMARTS) is 1. The molecule has 0 heterocycles. The van der Waals surface area contributed by atoms with Crippen LogP contribution in [-0.2, 0) is 43.2 Å². The summed E-state index contributed by atoms with van der Waals surface area (Å²) in [5.74, 6) is -10.2. The van der Waals surface area contributed by atoms with Gasteiger partial charge < -0.3 is 53.4 Å². The third kappa shape index (κ3) is 18.4. The Hall–Kier alpha value is -4.81. The highest BCUT2D eigenvalue weighted by atomic mass is 16.4. The molecule has 0 radical (unpaired) electrons. The molecule has 19 nitrogen and oxygen atoms in total. The molecular formula is C45H83N9O10. The van der Waals surface area contributed by atoms with E-state index in [9.17, 15) is 48.3 Å². The number of rotatable bonds is 26. The molecule has 0 spiro atoms. The van der Waals surface area contributed by atoms with E-state index < -0.39 is 149 Å². The van der Waals surface area contributed by atoms with Gasteiger partial charge in [-0.2, -0.15) is 0 Å². The molecular weight excluding hydrogens is 827 g/mol. The first-order chi connectivity index (χ1) is 29.3. The normalized spacial score (nSPS) is 16.1. The predicted molar refractivity (Wildman–Crippen MR) is 245 cm³/mol. The van der Waals surface area contributed by atoms with Crippen molar-refractivity contribution in [2.75, 3.05) is 0 Å². The van der Waals surface area contributed by atoms with Crippen molar-refractivity contribution >= 4 is 53.2 Å². The first-order valence-corrected chi connectivity index (χ1v) is 22.7. The maximum atomic E-state index is 13.9. The molecule has 0 aromatic heterocycles. The summed E-state index contributed by atoms with van der Waals surface area (Å²) in [7, 11) is 0. The van der Waals surface area contributed by atoms with Crippen LogP contribution in [0.3, 0.4) is 0 Å². The van der Waals surface area contributed by atoms with Crippen LogP contribution in [0, 0.1) is 53.3 Å². The van der Waals surface area contributed by atoms with E-state index in [0.29, 0.717) is 0 Å². The van der Waals surface area contributed by atoms with Gasteiger partial charge in [0.25, 0.3) is 0 Å². The summed E-state index contributed by atoms with van der Waals surface area (Å²) in [5, 5.41) is 31.1. The van der Waals surface area contributed by atoms with Crippen LogP contribution >= 0.6 is 0 Å². The average molecular weight is 910 g/mol. The van der Waals surface area contributed by atoms with Crippen molar-refractivity contribution in [3.8, 4) is 0 Å². The van der Waals surface area contributed by atoms with Gasteiger partial charge in [-0.1, -0.05) is 125 Å². The summed E-state index contributed by atoms with van der Waals surface area (Å²) in [6.45, 7) is 30.7. The van der Waals surface area contributed by atoms with Gasteiger partial charge in [-0.05, 0) is 53.3 Å². The minimum absolute atomic E-state index is 0.176. The van der Waals surface area contributed by atoms with Crippen LogP contribution in [0.5, 0.6) is 0 Å². The van der Waals surface area contributed by atoms with Gasteiger partial charge in [0, 0.05) is 0 Å². The van der Waals surface area contributed by atoms with Gasteiger partial charge >= 0.3 is 5.97 Å². The van der Waals surface area contributed by atoms with E-state index in [2.05, 4.69) is 42.5 Å². The predicted octanol–water partition coefficient (Wildman–Crippen LogP) is 1.18. The van der Waals surface area contributed by atoms with Gasteiger partial charge in [0.1, 0.15) is 48.3 Å². The zero-order valence-electron chi connectivity index (χ0n) is 41.6. The van der Waals surface area contributed by atoms with Crippen LogP contribution in [0.1, 0.15) is 125 Å². The number of carbonyl (C=O) groups is 9. The summed E-state index contributed by atoms with van der Waals surface area (Å²) in [4.78, 5) is 120. The number of nitrogens with one attached hydrogen (secondary N) is 8. The number of aliphatic carboxylic acids is 1. The van der Waals surface area contributed by atoms with E-state index in [0.717, 1.165) is 0 Å². The highest BCUT2D eigenvalue weighted by molar-refractivity contribution is 5.98. The first-order valence-electron chi connectivity index (χ1n) is 22.7. The molecule has 11 N–H and O–H groups in total. The van der Waals surface area contributed by atoms with Gasteiger partial charge in [0.15, 0.2) is 0 Å². The summed E-state index contributed by atoms with van der Waals surface area (Å²) >= 11 is 0. The summed E-state index contributed by atoms with van der Waals surface area (Å²) in [6, 6.07) is -9.92. The minimum Gasteiger partial charge on any atom is -0.480 e. The second-order valence-electron chi connectivity index (χ2n) is 20.0. The lowest BCUT2D eigenvalue weighted by atomic mass is 9.96. The lowest BCUT2D eigenvalue weighted by Crippen LogP contribution is -2.63. The van der Waals surface area contributed by atoms with E-state index in [1.165, 1.54) is 0 Å². The second-order valence-corrected chi connectivity index (χ2v) is 20.0. The number of nitrogens with two attached hydrogens (primary N) is 1. The number of carboxylic acids is 1. The van der Waals surface area contributed by atoms with Gasteiger partial charge in [-0.15, -0.1) is 0 Å². The zero-order chi connectivity index (χ0) is 50.2. The summed E-state index contributed by atoms with van der Waals surface area (Å²) < 4.78 is 0. The molecule has 0 fully saturated rings. The Kier molecular flexibility index (Phi) is 24.8.